The molecule has 3 aromatic rings. The van der Waals surface area contributed by atoms with E-state index < -0.39 is 0 Å². The molecular formula is C17H16ClN3O. The highest BCUT2D eigenvalue weighted by Gasteiger charge is 2.13. The van der Waals surface area contributed by atoms with Gasteiger partial charge in [0.2, 0.25) is 5.91 Å². The summed E-state index contributed by atoms with van der Waals surface area (Å²) in [7, 11) is 3.73. The molecular weight excluding hydrogens is 298 g/mol. The zero-order chi connectivity index (χ0) is 15.7. The average molecular weight is 314 g/mol. The number of likely N-dealkylation sites (N-methyl/N-ethyl adjacent to an activating group) is 1. The van der Waals surface area contributed by atoms with E-state index in [1.165, 1.54) is 0 Å². The largest absolute Gasteiger partial charge is 0.334 e. The molecule has 0 atom stereocenters. The first-order chi connectivity index (χ1) is 10.5. The van der Waals surface area contributed by atoms with Crippen molar-refractivity contribution in [1.29, 1.82) is 0 Å². The first kappa shape index (κ1) is 14.6. The molecule has 1 heterocycles. The molecule has 0 saturated carbocycles. The van der Waals surface area contributed by atoms with Crippen molar-refractivity contribution in [2.24, 2.45) is 7.05 Å². The third-order valence-corrected chi connectivity index (χ3v) is 3.99. The molecule has 1 amide bonds. The van der Waals surface area contributed by atoms with E-state index in [9.17, 15) is 4.79 Å². The third-order valence-electron chi connectivity index (χ3n) is 3.74. The summed E-state index contributed by atoms with van der Waals surface area (Å²) in [6.07, 6.45) is 2.11. The number of nitrogens with zero attached hydrogens (tertiary/aromatic N) is 3. The van der Waals surface area contributed by atoms with E-state index in [-0.39, 0.29) is 5.91 Å². The van der Waals surface area contributed by atoms with Gasteiger partial charge in [-0.25, -0.2) is 4.98 Å². The summed E-state index contributed by atoms with van der Waals surface area (Å²) in [6, 6.07) is 13.2. The van der Waals surface area contributed by atoms with Crippen molar-refractivity contribution in [3.8, 4) is 0 Å². The molecule has 2 aromatic carbocycles. The molecule has 112 valence electrons. The van der Waals surface area contributed by atoms with Gasteiger partial charge in [0, 0.05) is 24.8 Å². The molecule has 0 unspecified atom stereocenters. The highest BCUT2D eigenvalue weighted by Crippen LogP contribution is 2.21. The Bertz CT molecular complexity index is 824. The normalized spacial score (nSPS) is 10.9. The van der Waals surface area contributed by atoms with Crippen LogP contribution >= 0.6 is 11.6 Å². The van der Waals surface area contributed by atoms with Crippen molar-refractivity contribution in [2.45, 2.75) is 6.42 Å². The Morgan fingerprint density at radius 2 is 1.95 bits per heavy atom. The summed E-state index contributed by atoms with van der Waals surface area (Å²) in [5.41, 5.74) is 3.71. The van der Waals surface area contributed by atoms with Crippen LogP contribution in [0.25, 0.3) is 11.0 Å². The fraction of sp³-hybridized carbons (Fsp3) is 0.176. The monoisotopic (exact) mass is 313 g/mol. The maximum absolute atomic E-state index is 12.4. The molecule has 0 aliphatic heterocycles. The van der Waals surface area contributed by atoms with Crippen LogP contribution in [-0.4, -0.2) is 22.5 Å². The van der Waals surface area contributed by atoms with Crippen molar-refractivity contribution in [3.63, 3.8) is 0 Å². The number of fused-ring (bicyclic) bond motifs is 1. The van der Waals surface area contributed by atoms with Crippen LogP contribution in [0.15, 0.2) is 48.8 Å². The molecule has 0 saturated heterocycles. The van der Waals surface area contributed by atoms with Gasteiger partial charge in [-0.2, -0.15) is 0 Å². The van der Waals surface area contributed by atoms with Crippen molar-refractivity contribution >= 4 is 34.2 Å². The molecule has 4 nitrogen and oxygen atoms in total. The molecule has 5 heteroatoms. The predicted molar refractivity (Wildman–Crippen MR) is 89.3 cm³/mol. The minimum atomic E-state index is 0.0256. The van der Waals surface area contributed by atoms with Crippen LogP contribution in [0.1, 0.15) is 5.56 Å². The SMILES string of the molecule is CN(C(=O)Cc1ccc(Cl)cc1)c1ccc2c(c1)ncn2C. The minimum Gasteiger partial charge on any atom is -0.334 e. The number of benzene rings is 2. The van der Waals surface area contributed by atoms with Gasteiger partial charge < -0.3 is 9.47 Å². The van der Waals surface area contributed by atoms with Gasteiger partial charge in [-0.3, -0.25) is 4.79 Å². The Labute approximate surface area is 133 Å². The molecule has 0 N–H and O–H groups in total. The number of aromatic nitrogens is 2. The highest BCUT2D eigenvalue weighted by molar-refractivity contribution is 6.30. The number of hydrogen-bond donors (Lipinski definition) is 0. The van der Waals surface area contributed by atoms with Crippen LogP contribution in [0.2, 0.25) is 5.02 Å². The highest BCUT2D eigenvalue weighted by atomic mass is 35.5. The lowest BCUT2D eigenvalue weighted by molar-refractivity contribution is -0.117. The van der Waals surface area contributed by atoms with Crippen molar-refractivity contribution < 1.29 is 4.79 Å². The quantitative estimate of drug-likeness (QED) is 0.743. The van der Waals surface area contributed by atoms with E-state index in [0.717, 1.165) is 22.3 Å². The fourth-order valence-electron chi connectivity index (χ4n) is 2.37. The van der Waals surface area contributed by atoms with Crippen molar-refractivity contribution in [1.82, 2.24) is 9.55 Å². The van der Waals surface area contributed by atoms with E-state index in [4.69, 9.17) is 11.6 Å². The zero-order valence-corrected chi connectivity index (χ0v) is 13.2. The number of anilines is 1. The van der Waals surface area contributed by atoms with E-state index in [1.807, 2.05) is 41.9 Å². The molecule has 0 aliphatic rings. The Hall–Kier alpha value is -2.33. The number of carbonyl (C=O) groups is 1. The number of carbonyl (C=O) groups excluding carboxylic acids is 1. The van der Waals surface area contributed by atoms with E-state index in [0.29, 0.717) is 11.4 Å². The number of halogens is 1. The first-order valence-corrected chi connectivity index (χ1v) is 7.34. The van der Waals surface area contributed by atoms with Gasteiger partial charge >= 0.3 is 0 Å². The first-order valence-electron chi connectivity index (χ1n) is 6.96. The molecule has 0 radical (unpaired) electrons. The Balaban J connectivity index is 1.80. The maximum atomic E-state index is 12.4. The number of imidazole rings is 1. The lowest BCUT2D eigenvalue weighted by Crippen LogP contribution is -2.27. The summed E-state index contributed by atoms with van der Waals surface area (Å²) in [4.78, 5) is 18.4. The lowest BCUT2D eigenvalue weighted by atomic mass is 10.1. The Morgan fingerprint density at radius 3 is 2.68 bits per heavy atom. The van der Waals surface area contributed by atoms with Crippen LogP contribution in [-0.2, 0) is 18.3 Å². The van der Waals surface area contributed by atoms with E-state index in [2.05, 4.69) is 4.98 Å². The third kappa shape index (κ3) is 2.83. The number of amides is 1. The van der Waals surface area contributed by atoms with Crippen molar-refractivity contribution in [3.05, 3.63) is 59.4 Å². The van der Waals surface area contributed by atoms with Crippen LogP contribution < -0.4 is 4.90 Å². The zero-order valence-electron chi connectivity index (χ0n) is 12.5. The second-order valence-electron chi connectivity index (χ2n) is 5.28. The second-order valence-corrected chi connectivity index (χ2v) is 5.72. The topological polar surface area (TPSA) is 38.1 Å². The molecule has 0 fully saturated rings. The summed E-state index contributed by atoms with van der Waals surface area (Å²) in [5.74, 6) is 0.0256. The van der Waals surface area contributed by atoms with E-state index in [1.54, 1.807) is 30.4 Å². The van der Waals surface area contributed by atoms with Crippen molar-refractivity contribution in [2.75, 3.05) is 11.9 Å². The molecule has 0 aliphatic carbocycles. The van der Waals surface area contributed by atoms with Gasteiger partial charge in [0.1, 0.15) is 0 Å². The van der Waals surface area contributed by atoms with Crippen LogP contribution in [0.5, 0.6) is 0 Å². The van der Waals surface area contributed by atoms with E-state index >= 15 is 0 Å². The number of rotatable bonds is 3. The fourth-order valence-corrected chi connectivity index (χ4v) is 2.50. The van der Waals surface area contributed by atoms with Crippen LogP contribution in [0.4, 0.5) is 5.69 Å². The van der Waals surface area contributed by atoms with Gasteiger partial charge in [-0.1, -0.05) is 23.7 Å². The average Bonchev–Trinajstić information content (AvgIpc) is 2.89. The second kappa shape index (κ2) is 5.81. The predicted octanol–water partition coefficient (Wildman–Crippen LogP) is 3.43. The van der Waals surface area contributed by atoms with Crippen LogP contribution in [0.3, 0.4) is 0 Å². The number of aryl methyl sites for hydroxylation is 1. The lowest BCUT2D eigenvalue weighted by Gasteiger charge is -2.17. The molecule has 0 spiro atoms. The summed E-state index contributed by atoms with van der Waals surface area (Å²) in [6.45, 7) is 0. The van der Waals surface area contributed by atoms with Gasteiger partial charge in [0.15, 0.2) is 0 Å². The van der Waals surface area contributed by atoms with Gasteiger partial charge in [0.25, 0.3) is 0 Å². The standard InChI is InChI=1S/C17H16ClN3O/c1-20-11-19-15-10-14(7-8-16(15)20)21(2)17(22)9-12-3-5-13(18)6-4-12/h3-8,10-11H,9H2,1-2H3. The maximum Gasteiger partial charge on any atom is 0.231 e. The summed E-state index contributed by atoms with van der Waals surface area (Å²) >= 11 is 5.86. The smallest absolute Gasteiger partial charge is 0.231 e. The van der Waals surface area contributed by atoms with Crippen LogP contribution in [0, 0.1) is 0 Å². The molecule has 3 rings (SSSR count). The summed E-state index contributed by atoms with van der Waals surface area (Å²) < 4.78 is 1.95. The summed E-state index contributed by atoms with van der Waals surface area (Å²) in [5, 5.41) is 0.671. The van der Waals surface area contributed by atoms with Gasteiger partial charge in [-0.15, -0.1) is 0 Å². The minimum absolute atomic E-state index is 0.0256. The Morgan fingerprint density at radius 1 is 1.23 bits per heavy atom. The Kier molecular flexibility index (Phi) is 3.86. The molecule has 22 heavy (non-hydrogen) atoms. The molecule has 0 bridgehead atoms. The molecule has 1 aromatic heterocycles. The number of hydrogen-bond acceptors (Lipinski definition) is 2. The van der Waals surface area contributed by atoms with Gasteiger partial charge in [-0.05, 0) is 35.9 Å². The van der Waals surface area contributed by atoms with Gasteiger partial charge in [0.05, 0.1) is 23.8 Å².